The molecule has 0 N–H and O–H groups in total. The van der Waals surface area contributed by atoms with E-state index in [0.717, 1.165) is 19.3 Å². The lowest BCUT2D eigenvalue weighted by molar-refractivity contribution is 0.267. The van der Waals surface area contributed by atoms with Gasteiger partial charge in [0.2, 0.25) is 10.0 Å². The fraction of sp³-hybridized carbons (Fsp3) is 0.409. The lowest BCUT2D eigenvalue weighted by Gasteiger charge is -2.32. The monoisotopic (exact) mass is 458 g/mol. The minimum absolute atomic E-state index is 0.0818. The van der Waals surface area contributed by atoms with Crippen LogP contribution in [0.3, 0.4) is 0 Å². The molecule has 10 heteroatoms. The molecule has 9 nitrogen and oxygen atoms in total. The highest BCUT2D eigenvalue weighted by molar-refractivity contribution is 7.89. The molecule has 0 unspecified atom stereocenters. The average Bonchev–Trinajstić information content (AvgIpc) is 3.11. The van der Waals surface area contributed by atoms with Crippen molar-refractivity contribution >= 4 is 10.0 Å². The van der Waals surface area contributed by atoms with Crippen molar-refractivity contribution in [2.45, 2.75) is 51.0 Å². The number of rotatable bonds is 5. The number of piperidine rings is 1. The van der Waals surface area contributed by atoms with Gasteiger partial charge in [0.1, 0.15) is 22.0 Å². The summed E-state index contributed by atoms with van der Waals surface area (Å²) in [5, 5.41) is 8.36. The van der Waals surface area contributed by atoms with E-state index in [9.17, 15) is 13.2 Å². The summed E-state index contributed by atoms with van der Waals surface area (Å²) in [5.74, 6) is 0.733. The van der Waals surface area contributed by atoms with Gasteiger partial charge in [-0.2, -0.15) is 14.1 Å². The zero-order chi connectivity index (χ0) is 23.0. The average molecular weight is 459 g/mol. The second kappa shape index (κ2) is 8.51. The molecule has 0 radical (unpaired) electrons. The first-order chi connectivity index (χ1) is 15.2. The Morgan fingerprint density at radius 3 is 2.59 bits per heavy atom. The molecule has 1 atom stereocenters. The number of hydrogen-bond acceptors (Lipinski definition) is 7. The smallest absolute Gasteiger partial charge is 0.271 e. The molecule has 3 aromatic rings. The van der Waals surface area contributed by atoms with Crippen molar-refractivity contribution in [2.75, 3.05) is 13.7 Å². The highest BCUT2D eigenvalue weighted by atomic mass is 32.2. The van der Waals surface area contributed by atoms with Gasteiger partial charge in [-0.1, -0.05) is 11.6 Å². The Kier molecular flexibility index (Phi) is 5.91. The topological polar surface area (TPSA) is 108 Å². The van der Waals surface area contributed by atoms with Crippen LogP contribution in [0.2, 0.25) is 0 Å². The molecule has 1 aliphatic rings. The Balaban J connectivity index is 1.83. The molecule has 170 valence electrons. The predicted molar refractivity (Wildman–Crippen MR) is 119 cm³/mol. The zero-order valence-corrected chi connectivity index (χ0v) is 19.3. The second-order valence-electron chi connectivity index (χ2n) is 7.97. The van der Waals surface area contributed by atoms with Crippen LogP contribution in [0.4, 0.5) is 0 Å². The lowest BCUT2D eigenvalue weighted by Crippen LogP contribution is -2.42. The van der Waals surface area contributed by atoms with Crippen LogP contribution in [0, 0.1) is 13.8 Å². The van der Waals surface area contributed by atoms with Crippen LogP contribution in [-0.4, -0.2) is 47.4 Å². The van der Waals surface area contributed by atoms with Gasteiger partial charge in [-0.3, -0.25) is 4.79 Å². The summed E-state index contributed by atoms with van der Waals surface area (Å²) in [6.45, 7) is 5.83. The first-order valence-corrected chi connectivity index (χ1v) is 11.9. The molecule has 32 heavy (non-hydrogen) atoms. The summed E-state index contributed by atoms with van der Waals surface area (Å²) in [6.07, 6.45) is 2.66. The minimum Gasteiger partial charge on any atom is -0.495 e. The molecular weight excluding hydrogens is 432 g/mol. The van der Waals surface area contributed by atoms with Crippen LogP contribution < -0.4 is 10.3 Å². The van der Waals surface area contributed by atoms with Gasteiger partial charge in [0.25, 0.3) is 5.56 Å². The Labute approximate surface area is 186 Å². The molecule has 0 aliphatic carbocycles. The maximum atomic E-state index is 13.5. The van der Waals surface area contributed by atoms with Crippen LogP contribution in [0.15, 0.2) is 44.5 Å². The number of sulfonamides is 1. The number of aromatic nitrogens is 3. The van der Waals surface area contributed by atoms with Crippen molar-refractivity contribution in [1.29, 1.82) is 0 Å². The Morgan fingerprint density at radius 2 is 1.94 bits per heavy atom. The molecule has 0 spiro atoms. The van der Waals surface area contributed by atoms with Crippen LogP contribution >= 0.6 is 0 Å². The molecule has 1 fully saturated rings. The molecular formula is C22H26N4O5S. The molecule has 2 aromatic heterocycles. The van der Waals surface area contributed by atoms with Crippen molar-refractivity contribution in [3.63, 3.8) is 0 Å². The molecule has 1 aromatic carbocycles. The Hall–Kier alpha value is -2.98. The van der Waals surface area contributed by atoms with E-state index in [-0.39, 0.29) is 22.2 Å². The summed E-state index contributed by atoms with van der Waals surface area (Å²) in [6, 6.07) is 7.77. The highest BCUT2D eigenvalue weighted by Gasteiger charge is 2.33. The third-order valence-electron chi connectivity index (χ3n) is 5.80. The van der Waals surface area contributed by atoms with Gasteiger partial charge < -0.3 is 9.26 Å². The first kappa shape index (κ1) is 22.2. The Bertz CT molecular complexity index is 1290. The van der Waals surface area contributed by atoms with Crippen LogP contribution in [0.25, 0.3) is 16.9 Å². The van der Waals surface area contributed by atoms with Crippen LogP contribution in [0.5, 0.6) is 5.75 Å². The van der Waals surface area contributed by atoms with Gasteiger partial charge in [-0.05, 0) is 57.9 Å². The fourth-order valence-electron chi connectivity index (χ4n) is 4.10. The van der Waals surface area contributed by atoms with Crippen molar-refractivity contribution in [2.24, 2.45) is 0 Å². The van der Waals surface area contributed by atoms with E-state index in [1.165, 1.54) is 22.2 Å². The van der Waals surface area contributed by atoms with Crippen molar-refractivity contribution in [3.05, 3.63) is 52.1 Å². The third kappa shape index (κ3) is 3.84. The zero-order valence-electron chi connectivity index (χ0n) is 18.5. The van der Waals surface area contributed by atoms with Crippen LogP contribution in [0.1, 0.15) is 37.6 Å². The van der Waals surface area contributed by atoms with Gasteiger partial charge in [0.05, 0.1) is 12.8 Å². The van der Waals surface area contributed by atoms with E-state index < -0.39 is 10.0 Å². The number of nitrogens with zero attached hydrogens (tertiary/aromatic N) is 4. The number of aryl methyl sites for hydroxylation is 2. The van der Waals surface area contributed by atoms with E-state index in [2.05, 4.69) is 10.3 Å². The molecule has 0 amide bonds. The number of benzene rings is 1. The summed E-state index contributed by atoms with van der Waals surface area (Å²) >= 11 is 0. The maximum Gasteiger partial charge on any atom is 0.271 e. The predicted octanol–water partition coefficient (Wildman–Crippen LogP) is 3.08. The maximum absolute atomic E-state index is 13.5. The SMILES string of the molecule is COc1ccc(-c2ccc(=O)n(-c3c(C)noc3C)n2)cc1S(=O)(=O)N1CCCC[C@H]1C. The normalized spacial score (nSPS) is 17.4. The number of hydrogen-bond donors (Lipinski definition) is 0. The molecule has 3 heterocycles. The summed E-state index contributed by atoms with van der Waals surface area (Å²) in [7, 11) is -2.32. The van der Waals surface area contributed by atoms with Gasteiger partial charge in [-0.25, -0.2) is 8.42 Å². The second-order valence-corrected chi connectivity index (χ2v) is 9.83. The van der Waals surface area contributed by atoms with Crippen molar-refractivity contribution in [1.82, 2.24) is 19.2 Å². The third-order valence-corrected chi connectivity index (χ3v) is 7.83. The minimum atomic E-state index is -3.77. The highest BCUT2D eigenvalue weighted by Crippen LogP contribution is 2.34. The van der Waals surface area contributed by atoms with Gasteiger partial charge in [0, 0.05) is 24.2 Å². The standard InChI is InChI=1S/C22H26N4O5S/c1-14-7-5-6-12-25(14)32(28,29)20-13-17(8-10-19(20)30-4)18-9-11-21(27)26(23-18)22-15(2)24-31-16(22)3/h8-11,13-14H,5-7,12H2,1-4H3/t14-/m1/s1. The van der Waals surface area contributed by atoms with Crippen molar-refractivity contribution < 1.29 is 17.7 Å². The van der Waals surface area contributed by atoms with E-state index in [0.29, 0.717) is 34.9 Å². The largest absolute Gasteiger partial charge is 0.495 e. The fourth-order valence-corrected chi connectivity index (χ4v) is 5.98. The molecule has 1 aliphatic heterocycles. The summed E-state index contributed by atoms with van der Waals surface area (Å²) in [4.78, 5) is 12.6. The molecule has 0 bridgehead atoms. The quantitative estimate of drug-likeness (QED) is 0.578. The first-order valence-electron chi connectivity index (χ1n) is 10.5. The number of methoxy groups -OCH3 is 1. The molecule has 0 saturated carbocycles. The summed E-state index contributed by atoms with van der Waals surface area (Å²) in [5.41, 5.74) is 1.66. The van der Waals surface area contributed by atoms with E-state index in [1.807, 2.05) is 6.92 Å². The van der Waals surface area contributed by atoms with E-state index >= 15 is 0 Å². The molecule has 1 saturated heterocycles. The number of ether oxygens (including phenoxy) is 1. The lowest BCUT2D eigenvalue weighted by atomic mass is 10.1. The van der Waals surface area contributed by atoms with Gasteiger partial charge in [-0.15, -0.1) is 0 Å². The summed E-state index contributed by atoms with van der Waals surface area (Å²) < 4.78 is 40.3. The van der Waals surface area contributed by atoms with Crippen molar-refractivity contribution in [3.8, 4) is 22.7 Å². The molecule has 4 rings (SSSR count). The Morgan fingerprint density at radius 1 is 1.16 bits per heavy atom. The van der Waals surface area contributed by atoms with E-state index in [4.69, 9.17) is 9.26 Å². The van der Waals surface area contributed by atoms with Gasteiger partial charge in [0.15, 0.2) is 5.76 Å². The van der Waals surface area contributed by atoms with E-state index in [1.54, 1.807) is 38.1 Å². The van der Waals surface area contributed by atoms with Crippen LogP contribution in [-0.2, 0) is 10.0 Å². The van der Waals surface area contributed by atoms with Gasteiger partial charge >= 0.3 is 0 Å².